The highest BCUT2D eigenvalue weighted by Crippen LogP contribution is 2.15. The number of amides is 8. The van der Waals surface area contributed by atoms with Gasteiger partial charge in [-0.1, -0.05) is 61.0 Å². The Morgan fingerprint density at radius 1 is 0.662 bits per heavy atom. The van der Waals surface area contributed by atoms with Gasteiger partial charge in [0.05, 0.1) is 30.7 Å². The first-order valence-corrected chi connectivity index (χ1v) is 22.2. The predicted octanol–water partition coefficient (Wildman–Crippen LogP) is -1.32. The Morgan fingerprint density at radius 2 is 1.20 bits per heavy atom. The summed E-state index contributed by atoms with van der Waals surface area (Å²) in [5, 5.41) is 44.0. The van der Waals surface area contributed by atoms with E-state index in [2.05, 4.69) is 47.8 Å². The minimum absolute atomic E-state index is 0.0669. The summed E-state index contributed by atoms with van der Waals surface area (Å²) >= 11 is 4.16. The number of hydrogen-bond acceptors (Lipinski definition) is 13. The summed E-state index contributed by atoms with van der Waals surface area (Å²) in [6.07, 6.45) is -3.48. The number of benzene rings is 2. The molecule has 0 spiro atoms. The molecule has 0 aliphatic carbocycles. The van der Waals surface area contributed by atoms with Crippen molar-refractivity contribution in [2.24, 2.45) is 23.3 Å². The number of carbonyl (C=O) groups is 10. The smallest absolute Gasteiger partial charge is 0.305 e. The minimum atomic E-state index is -1.81. The lowest BCUT2D eigenvalue weighted by Gasteiger charge is -2.26. The molecule has 0 heterocycles. The summed E-state index contributed by atoms with van der Waals surface area (Å²) in [5.41, 5.74) is 11.9. The average Bonchev–Trinajstić information content (AvgIpc) is 3.20. The van der Waals surface area contributed by atoms with Gasteiger partial charge in [0.25, 0.3) is 0 Å². The van der Waals surface area contributed by atoms with E-state index in [9.17, 15) is 63.3 Å². The molecular weight excluding hydrogens is 936 g/mol. The number of thioether (sulfide) groups is 1. The zero-order chi connectivity index (χ0) is 49.1. The molecule has 356 valence electrons. The fourth-order valence-electron chi connectivity index (χ4n) is 5.83. The molecule has 65 heavy (non-hydrogen) atoms. The van der Waals surface area contributed by atoms with Gasteiger partial charge < -0.3 is 58.7 Å². The molecule has 0 saturated carbocycles. The van der Waals surface area contributed by atoms with Crippen LogP contribution in [0, 0.1) is 11.8 Å². The van der Waals surface area contributed by atoms with Crippen molar-refractivity contribution in [1.82, 2.24) is 31.9 Å². The Balaban J connectivity index is 2.26. The molecule has 23 heteroatoms. The fraction of sp³-hybridized carbons (Fsp3) is 0.476. The number of aliphatic hydroxyl groups is 1. The van der Waals surface area contributed by atoms with E-state index in [0.29, 0.717) is 15.6 Å². The molecule has 2 rings (SSSR count). The average molecular weight is 994 g/mol. The van der Waals surface area contributed by atoms with E-state index in [0.717, 1.165) is 11.8 Å². The van der Waals surface area contributed by atoms with E-state index < -0.39 is 126 Å². The van der Waals surface area contributed by atoms with Gasteiger partial charge in [-0.3, -0.25) is 47.9 Å². The van der Waals surface area contributed by atoms with Gasteiger partial charge in [0, 0.05) is 29.0 Å². The first kappa shape index (κ1) is 55.1. The second kappa shape index (κ2) is 26.7. The maximum atomic E-state index is 13.9. The van der Waals surface area contributed by atoms with Crippen molar-refractivity contribution in [2.45, 2.75) is 103 Å². The molecule has 0 aromatic heterocycles. The summed E-state index contributed by atoms with van der Waals surface area (Å²) in [6, 6.07) is 3.12. The lowest BCUT2D eigenvalue weighted by atomic mass is 9.96. The number of phenols is 1. The molecule has 2 aromatic carbocycles. The molecule has 13 N–H and O–H groups in total. The number of Topliss-reactive ketones (excluding diaryl/α,β-unsaturated/α-hetero) is 1. The Labute approximate surface area is 387 Å². The number of carbonyl (C=O) groups excluding carboxylic acids is 9. The van der Waals surface area contributed by atoms with Crippen LogP contribution in [0.4, 0.5) is 0 Å². The van der Waals surface area contributed by atoms with Gasteiger partial charge >= 0.3 is 5.97 Å². The van der Waals surface area contributed by atoms with Crippen molar-refractivity contribution in [1.29, 1.82) is 0 Å². The molecule has 0 radical (unpaired) electrons. The second-order valence-corrected chi connectivity index (χ2v) is 17.6. The Morgan fingerprint density at radius 3 is 1.72 bits per heavy atom. The normalized spacial score (nSPS) is 14.7. The Hall–Kier alpha value is -6.07. The van der Waals surface area contributed by atoms with E-state index in [1.165, 1.54) is 38.1 Å². The van der Waals surface area contributed by atoms with Crippen LogP contribution in [0.25, 0.3) is 0 Å². The van der Waals surface area contributed by atoms with Crippen LogP contribution in [-0.4, -0.2) is 128 Å². The molecule has 0 saturated heterocycles. The Kier molecular flexibility index (Phi) is 22.6. The predicted molar refractivity (Wildman–Crippen MR) is 240 cm³/mol. The lowest BCUT2D eigenvalue weighted by Crippen LogP contribution is -2.59. The molecule has 8 amide bonds. The van der Waals surface area contributed by atoms with Crippen molar-refractivity contribution in [3.05, 3.63) is 64.1 Å². The number of halogens is 1. The van der Waals surface area contributed by atoms with Crippen molar-refractivity contribution < 1.29 is 63.3 Å². The van der Waals surface area contributed by atoms with E-state index >= 15 is 0 Å². The van der Waals surface area contributed by atoms with Gasteiger partial charge in [0.1, 0.15) is 36.0 Å². The van der Waals surface area contributed by atoms with Crippen molar-refractivity contribution in [3.8, 4) is 5.75 Å². The van der Waals surface area contributed by atoms with Gasteiger partial charge in [-0.25, -0.2) is 0 Å². The molecule has 8 atom stereocenters. The second-order valence-electron chi connectivity index (χ2n) is 15.6. The van der Waals surface area contributed by atoms with Gasteiger partial charge in [-0.2, -0.15) is 0 Å². The highest BCUT2D eigenvalue weighted by atomic mass is 79.9. The van der Waals surface area contributed by atoms with Crippen molar-refractivity contribution in [2.75, 3.05) is 11.5 Å². The maximum Gasteiger partial charge on any atom is 0.305 e. The summed E-state index contributed by atoms with van der Waals surface area (Å²) in [4.78, 5) is 129. The lowest BCUT2D eigenvalue weighted by molar-refractivity contribution is -0.141. The van der Waals surface area contributed by atoms with E-state index in [-0.39, 0.29) is 30.3 Å². The molecule has 0 bridgehead atoms. The summed E-state index contributed by atoms with van der Waals surface area (Å²) < 4.78 is 0.670. The van der Waals surface area contributed by atoms with Crippen LogP contribution in [0.2, 0.25) is 0 Å². The van der Waals surface area contributed by atoms with Crippen LogP contribution < -0.4 is 43.4 Å². The zero-order valence-electron chi connectivity index (χ0n) is 36.4. The highest BCUT2D eigenvalue weighted by Gasteiger charge is 2.34. The number of nitrogens with one attached hydrogen (secondary N) is 6. The summed E-state index contributed by atoms with van der Waals surface area (Å²) in [5.74, 6) is -10.8. The van der Waals surface area contributed by atoms with Crippen LogP contribution in [0.3, 0.4) is 0 Å². The number of ketones is 1. The molecular formula is C42H57BrN8O13S. The van der Waals surface area contributed by atoms with Crippen LogP contribution in [0.1, 0.15) is 58.6 Å². The SMILES string of the molecule is CC(=O)[C@H](CSCC(=O)N[C@@H](CC(N)=O)C(=O)NC(Cc1ccc(O)cc1)C(=O)N[C@@H](CC(=O)O)C(=O)N[C@@H](Cc1cccc(Br)c1)C(N)=O)NC(=O)[C@@H](NC(=O)[C@@H](C)C(C)C)[C@@H](C)O. The number of nitrogens with two attached hydrogens (primary N) is 2. The van der Waals surface area contributed by atoms with Crippen molar-refractivity contribution in [3.63, 3.8) is 0 Å². The van der Waals surface area contributed by atoms with Crippen LogP contribution in [-0.2, 0) is 60.8 Å². The van der Waals surface area contributed by atoms with E-state index in [4.69, 9.17) is 11.5 Å². The molecule has 0 aliphatic rings. The number of carboxylic acid groups (broad SMARTS) is 1. The molecule has 2 aromatic rings. The zero-order valence-corrected chi connectivity index (χ0v) is 38.8. The minimum Gasteiger partial charge on any atom is -0.508 e. The van der Waals surface area contributed by atoms with Gasteiger partial charge in [0.2, 0.25) is 47.3 Å². The standard InChI is InChI=1S/C42H57BrN8O13S/c1-20(2)21(3)38(60)51-36(23(5)53)42(64)50-32(22(4)52)18-65-19-34(56)46-30(16-33(44)55)40(62)48-29(14-24-9-11-27(54)12-10-24)39(61)49-31(17-35(57)58)41(63)47-28(37(45)59)15-25-7-6-8-26(43)13-25/h6-13,20-21,23,28-32,36,53-54H,14-19H2,1-5H3,(H2,44,55)(H2,45,59)(H,46,56)(H,47,63)(H,48,62)(H,49,61)(H,50,64)(H,51,60)(H,57,58)/t21-,23+,28-,29?,30-,31-,32-,36-/m0/s1. The third-order valence-corrected chi connectivity index (χ3v) is 11.4. The third-order valence-electron chi connectivity index (χ3n) is 9.87. The van der Waals surface area contributed by atoms with Gasteiger partial charge in [-0.05, 0) is 55.2 Å². The number of primary amides is 2. The topological polar surface area (TPSA) is 356 Å². The number of hydrogen-bond donors (Lipinski definition) is 11. The molecule has 0 aliphatic heterocycles. The van der Waals surface area contributed by atoms with E-state index in [1.807, 2.05) is 13.8 Å². The Bertz CT molecular complexity index is 2060. The number of rotatable bonds is 27. The number of carboxylic acids is 1. The molecule has 0 fully saturated rings. The number of aliphatic carboxylic acids is 1. The third kappa shape index (κ3) is 19.7. The van der Waals surface area contributed by atoms with Crippen LogP contribution >= 0.6 is 27.7 Å². The maximum absolute atomic E-state index is 13.9. The van der Waals surface area contributed by atoms with Crippen molar-refractivity contribution >= 4 is 86.7 Å². The largest absolute Gasteiger partial charge is 0.508 e. The number of aromatic hydroxyl groups is 1. The number of phenolic OH excluding ortho intramolecular Hbond substituents is 1. The quantitative estimate of drug-likeness (QED) is 0.0495. The summed E-state index contributed by atoms with van der Waals surface area (Å²) in [6.45, 7) is 7.74. The van der Waals surface area contributed by atoms with E-state index in [1.54, 1.807) is 31.2 Å². The van der Waals surface area contributed by atoms with Crippen LogP contribution in [0.15, 0.2) is 53.0 Å². The molecule has 21 nitrogen and oxygen atoms in total. The fourth-order valence-corrected chi connectivity index (χ4v) is 7.22. The molecule has 1 unspecified atom stereocenters. The highest BCUT2D eigenvalue weighted by molar-refractivity contribution is 9.10. The van der Waals surface area contributed by atoms with Gasteiger partial charge in [0.15, 0.2) is 5.78 Å². The summed E-state index contributed by atoms with van der Waals surface area (Å²) in [7, 11) is 0. The first-order valence-electron chi connectivity index (χ1n) is 20.3. The van der Waals surface area contributed by atoms with Gasteiger partial charge in [-0.15, -0.1) is 11.8 Å². The van der Waals surface area contributed by atoms with Crippen LogP contribution in [0.5, 0.6) is 5.75 Å². The first-order chi connectivity index (χ1) is 30.4. The number of aliphatic hydroxyl groups excluding tert-OH is 1. The monoisotopic (exact) mass is 992 g/mol.